The molecule has 6 nitrogen and oxygen atoms in total. The van der Waals surface area contributed by atoms with Crippen LogP contribution in [0.3, 0.4) is 0 Å². The highest BCUT2D eigenvalue weighted by Crippen LogP contribution is 2.28. The third-order valence-corrected chi connectivity index (χ3v) is 7.59. The average molecular weight is 449 g/mol. The number of halogens is 1. The number of aryl methyl sites for hydroxylation is 1. The molecular weight excluding hydrogens is 420 g/mol. The molecule has 0 amide bonds. The van der Waals surface area contributed by atoms with Crippen molar-refractivity contribution < 1.29 is 8.42 Å². The minimum Gasteiger partial charge on any atom is -0.327 e. The zero-order chi connectivity index (χ0) is 22.1. The first kappa shape index (κ1) is 22.7. The maximum absolute atomic E-state index is 12.5. The molecule has 2 aromatic carbocycles. The van der Waals surface area contributed by atoms with Crippen molar-refractivity contribution in [2.75, 3.05) is 21.1 Å². The highest BCUT2D eigenvalue weighted by Gasteiger charge is 2.21. The second-order valence-corrected chi connectivity index (χ2v) is 10.3. The van der Waals surface area contributed by atoms with Crippen LogP contribution in [0.2, 0.25) is 5.02 Å². The van der Waals surface area contributed by atoms with Crippen molar-refractivity contribution in [1.29, 1.82) is 0 Å². The predicted octanol–water partition coefficient (Wildman–Crippen LogP) is 4.54. The molecule has 1 unspecified atom stereocenters. The van der Waals surface area contributed by atoms with Crippen LogP contribution in [0.5, 0.6) is 0 Å². The zero-order valence-electron chi connectivity index (χ0n) is 18.1. The highest BCUT2D eigenvalue weighted by atomic mass is 35.5. The molecule has 0 N–H and O–H groups in total. The van der Waals surface area contributed by atoms with Gasteiger partial charge in [0.1, 0.15) is 5.82 Å². The van der Waals surface area contributed by atoms with Crippen molar-refractivity contribution in [3.05, 3.63) is 58.9 Å². The summed E-state index contributed by atoms with van der Waals surface area (Å²) in [5.74, 6) is 0.910. The van der Waals surface area contributed by atoms with E-state index in [4.69, 9.17) is 16.6 Å². The first-order valence-electron chi connectivity index (χ1n) is 10.0. The Kier molecular flexibility index (Phi) is 6.87. The zero-order valence-corrected chi connectivity index (χ0v) is 19.7. The number of imidazole rings is 1. The highest BCUT2D eigenvalue weighted by molar-refractivity contribution is 7.89. The summed E-state index contributed by atoms with van der Waals surface area (Å²) in [5.41, 5.74) is 2.71. The average Bonchev–Trinajstić information content (AvgIpc) is 3.04. The van der Waals surface area contributed by atoms with Gasteiger partial charge in [-0.05, 0) is 50.2 Å². The number of benzene rings is 2. The van der Waals surface area contributed by atoms with E-state index in [1.54, 1.807) is 12.1 Å². The van der Waals surface area contributed by atoms with Gasteiger partial charge in [0, 0.05) is 31.7 Å². The van der Waals surface area contributed by atoms with E-state index in [2.05, 4.69) is 23.3 Å². The molecule has 0 bridgehead atoms. The molecule has 162 valence electrons. The molecule has 8 heteroatoms. The Labute approximate surface area is 184 Å². The minimum absolute atomic E-state index is 0.110. The molecule has 30 heavy (non-hydrogen) atoms. The van der Waals surface area contributed by atoms with Gasteiger partial charge in [-0.2, -0.15) is 0 Å². The largest absolute Gasteiger partial charge is 0.327 e. The fourth-order valence-electron chi connectivity index (χ4n) is 3.54. The van der Waals surface area contributed by atoms with Crippen molar-refractivity contribution in [3.63, 3.8) is 0 Å². The van der Waals surface area contributed by atoms with Crippen LogP contribution in [0.25, 0.3) is 11.0 Å². The van der Waals surface area contributed by atoms with Gasteiger partial charge in [0.2, 0.25) is 10.0 Å². The number of fused-ring (bicyclic) bond motifs is 1. The first-order chi connectivity index (χ1) is 14.2. The lowest BCUT2D eigenvalue weighted by Crippen LogP contribution is -2.24. The molecule has 0 aliphatic carbocycles. The van der Waals surface area contributed by atoms with E-state index in [-0.39, 0.29) is 10.9 Å². The van der Waals surface area contributed by atoms with Crippen LogP contribution in [-0.4, -0.2) is 48.3 Å². The van der Waals surface area contributed by atoms with Crippen molar-refractivity contribution in [3.8, 4) is 0 Å². The third-order valence-electron chi connectivity index (χ3n) is 5.43. The van der Waals surface area contributed by atoms with Gasteiger partial charge in [-0.25, -0.2) is 17.7 Å². The Morgan fingerprint density at radius 3 is 2.47 bits per heavy atom. The van der Waals surface area contributed by atoms with E-state index in [0.717, 1.165) is 34.9 Å². The van der Waals surface area contributed by atoms with Gasteiger partial charge >= 0.3 is 0 Å². The SMILES string of the molecule is CCCn1c(CN(C)C(C)c2ccccc2Cl)nc2cc(S(=O)(=O)N(C)C)ccc21. The second kappa shape index (κ2) is 9.06. The van der Waals surface area contributed by atoms with Crippen molar-refractivity contribution >= 4 is 32.7 Å². The lowest BCUT2D eigenvalue weighted by molar-refractivity contribution is 0.243. The van der Waals surface area contributed by atoms with Gasteiger partial charge < -0.3 is 4.57 Å². The summed E-state index contributed by atoms with van der Waals surface area (Å²) in [6, 6.07) is 13.2. The quantitative estimate of drug-likeness (QED) is 0.507. The van der Waals surface area contributed by atoms with Gasteiger partial charge in [0.15, 0.2) is 0 Å². The summed E-state index contributed by atoms with van der Waals surface area (Å²) >= 11 is 6.39. The van der Waals surface area contributed by atoms with Gasteiger partial charge in [-0.15, -0.1) is 0 Å². The Balaban J connectivity index is 1.98. The summed E-state index contributed by atoms with van der Waals surface area (Å²) < 4.78 is 28.4. The topological polar surface area (TPSA) is 58.4 Å². The van der Waals surface area contributed by atoms with E-state index < -0.39 is 10.0 Å². The number of aromatic nitrogens is 2. The Morgan fingerprint density at radius 1 is 1.13 bits per heavy atom. The first-order valence-corrected chi connectivity index (χ1v) is 11.8. The number of rotatable bonds is 8. The number of nitrogens with zero attached hydrogens (tertiary/aromatic N) is 4. The fourth-order valence-corrected chi connectivity index (χ4v) is 4.75. The molecule has 0 fully saturated rings. The maximum atomic E-state index is 12.5. The van der Waals surface area contributed by atoms with E-state index in [1.165, 1.54) is 18.4 Å². The molecule has 0 aliphatic heterocycles. The van der Waals surface area contributed by atoms with Crippen LogP contribution >= 0.6 is 11.6 Å². The minimum atomic E-state index is -3.50. The maximum Gasteiger partial charge on any atom is 0.242 e. The molecule has 1 heterocycles. The van der Waals surface area contributed by atoms with Crippen LogP contribution in [0.15, 0.2) is 47.4 Å². The van der Waals surface area contributed by atoms with Gasteiger partial charge in [-0.3, -0.25) is 4.90 Å². The molecule has 1 atom stereocenters. The van der Waals surface area contributed by atoms with Gasteiger partial charge in [-0.1, -0.05) is 36.7 Å². The monoisotopic (exact) mass is 448 g/mol. The van der Waals surface area contributed by atoms with Crippen molar-refractivity contribution in [2.24, 2.45) is 0 Å². The Bertz CT molecular complexity index is 1140. The molecular formula is C22H29ClN4O2S. The number of sulfonamides is 1. The molecule has 3 rings (SSSR count). The van der Waals surface area contributed by atoms with Gasteiger partial charge in [0.05, 0.1) is 22.5 Å². The summed E-state index contributed by atoms with van der Waals surface area (Å²) in [5, 5.41) is 0.748. The molecule has 1 aromatic heterocycles. The van der Waals surface area contributed by atoms with E-state index in [0.29, 0.717) is 12.1 Å². The summed E-state index contributed by atoms with van der Waals surface area (Å²) in [6.07, 6.45) is 0.958. The van der Waals surface area contributed by atoms with Crippen LogP contribution < -0.4 is 0 Å². The molecule has 0 spiro atoms. The van der Waals surface area contributed by atoms with Crippen LogP contribution in [0.1, 0.15) is 37.7 Å². The summed E-state index contributed by atoms with van der Waals surface area (Å²) in [4.78, 5) is 7.26. The van der Waals surface area contributed by atoms with E-state index in [9.17, 15) is 8.42 Å². The third kappa shape index (κ3) is 4.39. The smallest absolute Gasteiger partial charge is 0.242 e. The lowest BCUT2D eigenvalue weighted by Gasteiger charge is -2.25. The molecule has 0 saturated heterocycles. The Hall–Kier alpha value is -1.93. The molecule has 0 radical (unpaired) electrons. The van der Waals surface area contributed by atoms with Crippen LogP contribution in [0, 0.1) is 0 Å². The lowest BCUT2D eigenvalue weighted by atomic mass is 10.1. The summed E-state index contributed by atoms with van der Waals surface area (Å²) in [7, 11) is 1.61. The number of hydrogen-bond acceptors (Lipinski definition) is 4. The van der Waals surface area contributed by atoms with Crippen molar-refractivity contribution in [1.82, 2.24) is 18.8 Å². The van der Waals surface area contributed by atoms with Crippen LogP contribution in [0.4, 0.5) is 0 Å². The second-order valence-electron chi connectivity index (χ2n) is 7.73. The molecule has 0 aliphatic rings. The van der Waals surface area contributed by atoms with Crippen LogP contribution in [-0.2, 0) is 23.1 Å². The van der Waals surface area contributed by atoms with E-state index in [1.807, 2.05) is 37.4 Å². The Morgan fingerprint density at radius 2 is 1.83 bits per heavy atom. The van der Waals surface area contributed by atoms with Crippen molar-refractivity contribution in [2.45, 2.75) is 44.3 Å². The van der Waals surface area contributed by atoms with E-state index >= 15 is 0 Å². The molecule has 0 saturated carbocycles. The normalized spacial score (nSPS) is 13.5. The fraction of sp³-hybridized carbons (Fsp3) is 0.409. The predicted molar refractivity (Wildman–Crippen MR) is 122 cm³/mol. The summed E-state index contributed by atoms with van der Waals surface area (Å²) in [6.45, 7) is 5.68. The van der Waals surface area contributed by atoms with Gasteiger partial charge in [0.25, 0.3) is 0 Å². The number of hydrogen-bond donors (Lipinski definition) is 0. The molecule has 3 aromatic rings. The standard InChI is InChI=1S/C22H29ClN4O2S/c1-6-13-27-21-12-11-17(30(28,29)25(3)4)14-20(21)24-22(27)15-26(5)16(2)18-9-7-8-10-19(18)23/h7-12,14,16H,6,13,15H2,1-5H3.